The van der Waals surface area contributed by atoms with Crippen LogP contribution in [0.15, 0.2) is 78.9 Å². The number of benzene rings is 3. The number of carbonyl (C=O) groups is 2. The third kappa shape index (κ3) is 5.23. The van der Waals surface area contributed by atoms with Crippen LogP contribution in [0.1, 0.15) is 26.3 Å². The van der Waals surface area contributed by atoms with E-state index in [0.29, 0.717) is 17.7 Å². The summed E-state index contributed by atoms with van der Waals surface area (Å²) in [5.74, 6) is -0.292. The number of hydrogen-bond acceptors (Lipinski definition) is 3. The molecule has 0 saturated heterocycles. The van der Waals surface area contributed by atoms with Crippen molar-refractivity contribution in [2.45, 2.75) is 6.54 Å². The second-order valence-corrected chi connectivity index (χ2v) is 7.12. The molecule has 0 radical (unpaired) electrons. The molecule has 0 spiro atoms. The lowest BCUT2D eigenvalue weighted by atomic mass is 10.1. The third-order valence-electron chi connectivity index (χ3n) is 4.64. The van der Waals surface area contributed by atoms with Gasteiger partial charge in [0.25, 0.3) is 11.8 Å². The highest BCUT2D eigenvalue weighted by molar-refractivity contribution is 6.05. The van der Waals surface area contributed by atoms with E-state index in [-0.39, 0.29) is 11.8 Å². The highest BCUT2D eigenvalue weighted by atomic mass is 16.2. The Bertz CT molecular complexity index is 965. The Morgan fingerprint density at radius 3 is 1.93 bits per heavy atom. The molecule has 3 aromatic carbocycles. The molecule has 0 aliphatic heterocycles. The molecule has 29 heavy (non-hydrogen) atoms. The maximum absolute atomic E-state index is 12.6. The molecule has 0 atom stereocenters. The van der Waals surface area contributed by atoms with Crippen molar-refractivity contribution in [1.29, 1.82) is 0 Å². The summed E-state index contributed by atoms with van der Waals surface area (Å²) < 4.78 is 0. The van der Waals surface area contributed by atoms with E-state index in [2.05, 4.69) is 5.32 Å². The maximum Gasteiger partial charge on any atom is 0.255 e. The largest absolute Gasteiger partial charge is 0.378 e. The van der Waals surface area contributed by atoms with Crippen LogP contribution in [-0.2, 0) is 6.54 Å². The van der Waals surface area contributed by atoms with Crippen LogP contribution in [0.5, 0.6) is 0 Å². The maximum atomic E-state index is 12.6. The second kappa shape index (κ2) is 9.06. The fourth-order valence-corrected chi connectivity index (χ4v) is 2.96. The molecule has 148 valence electrons. The van der Waals surface area contributed by atoms with Gasteiger partial charge in [0, 0.05) is 50.2 Å². The lowest BCUT2D eigenvalue weighted by Gasteiger charge is -2.17. The van der Waals surface area contributed by atoms with Crippen molar-refractivity contribution in [2.24, 2.45) is 0 Å². The van der Waals surface area contributed by atoms with Crippen LogP contribution in [0.3, 0.4) is 0 Å². The number of hydrogen-bond donors (Lipinski definition) is 1. The van der Waals surface area contributed by atoms with E-state index >= 15 is 0 Å². The van der Waals surface area contributed by atoms with E-state index in [0.717, 1.165) is 16.9 Å². The predicted octanol–water partition coefficient (Wildman–Crippen LogP) is 4.28. The van der Waals surface area contributed by atoms with Crippen LogP contribution in [0.2, 0.25) is 0 Å². The Balaban J connectivity index is 1.62. The topological polar surface area (TPSA) is 52.7 Å². The van der Waals surface area contributed by atoms with E-state index in [4.69, 9.17) is 0 Å². The smallest absolute Gasteiger partial charge is 0.255 e. The number of anilines is 2. The van der Waals surface area contributed by atoms with E-state index in [1.54, 1.807) is 36.2 Å². The normalized spacial score (nSPS) is 10.3. The predicted molar refractivity (Wildman–Crippen MR) is 117 cm³/mol. The minimum Gasteiger partial charge on any atom is -0.378 e. The molecule has 3 aromatic rings. The van der Waals surface area contributed by atoms with Gasteiger partial charge in [-0.1, -0.05) is 30.3 Å². The number of amides is 2. The molecule has 0 heterocycles. The SMILES string of the molecule is CN(Cc1ccccc1)C(=O)c1ccc(C(=O)Nc2ccc(N(C)C)cc2)cc1. The van der Waals surface area contributed by atoms with E-state index in [1.165, 1.54) is 0 Å². The van der Waals surface area contributed by atoms with Crippen molar-refractivity contribution in [2.75, 3.05) is 31.4 Å². The first-order chi connectivity index (χ1) is 13.9. The molecule has 0 unspecified atom stereocenters. The summed E-state index contributed by atoms with van der Waals surface area (Å²) in [4.78, 5) is 28.8. The second-order valence-electron chi connectivity index (χ2n) is 7.12. The molecule has 0 aliphatic carbocycles. The fraction of sp³-hybridized carbons (Fsp3) is 0.167. The third-order valence-corrected chi connectivity index (χ3v) is 4.64. The molecular weight excluding hydrogens is 362 g/mol. The van der Waals surface area contributed by atoms with Crippen molar-refractivity contribution < 1.29 is 9.59 Å². The van der Waals surface area contributed by atoms with Crippen molar-refractivity contribution >= 4 is 23.2 Å². The molecule has 0 fully saturated rings. The van der Waals surface area contributed by atoms with Crippen molar-refractivity contribution in [3.8, 4) is 0 Å². The molecule has 5 heteroatoms. The van der Waals surface area contributed by atoms with Crippen molar-refractivity contribution in [3.05, 3.63) is 95.6 Å². The Labute approximate surface area is 171 Å². The summed E-state index contributed by atoms with van der Waals surface area (Å²) in [5, 5.41) is 2.88. The van der Waals surface area contributed by atoms with E-state index in [1.807, 2.05) is 73.6 Å². The van der Waals surface area contributed by atoms with Crippen LogP contribution in [0.4, 0.5) is 11.4 Å². The summed E-state index contributed by atoms with van der Waals surface area (Å²) in [6.07, 6.45) is 0. The molecule has 1 N–H and O–H groups in total. The quantitative estimate of drug-likeness (QED) is 0.687. The van der Waals surface area contributed by atoms with Crippen LogP contribution in [-0.4, -0.2) is 37.9 Å². The Hall–Kier alpha value is -3.60. The first-order valence-corrected chi connectivity index (χ1v) is 9.42. The lowest BCUT2D eigenvalue weighted by molar-refractivity contribution is 0.0784. The molecular formula is C24H25N3O2. The first-order valence-electron chi connectivity index (χ1n) is 9.42. The molecule has 5 nitrogen and oxygen atoms in total. The van der Waals surface area contributed by atoms with Gasteiger partial charge in [-0.3, -0.25) is 9.59 Å². The summed E-state index contributed by atoms with van der Waals surface area (Å²) in [6.45, 7) is 0.533. The van der Waals surface area contributed by atoms with Crippen molar-refractivity contribution in [1.82, 2.24) is 4.90 Å². The van der Waals surface area contributed by atoms with Gasteiger partial charge in [-0.2, -0.15) is 0 Å². The average molecular weight is 387 g/mol. The fourth-order valence-electron chi connectivity index (χ4n) is 2.96. The number of carbonyl (C=O) groups excluding carboxylic acids is 2. The molecule has 0 saturated carbocycles. The summed E-state index contributed by atoms with van der Waals surface area (Å²) in [5.41, 5.74) is 3.91. The summed E-state index contributed by atoms with van der Waals surface area (Å²) >= 11 is 0. The van der Waals surface area contributed by atoms with Gasteiger partial charge in [0.05, 0.1) is 0 Å². The van der Waals surface area contributed by atoms with Gasteiger partial charge >= 0.3 is 0 Å². The first kappa shape index (κ1) is 20.1. The minimum atomic E-state index is -0.209. The van der Waals surface area contributed by atoms with Crippen LogP contribution in [0, 0.1) is 0 Å². The highest BCUT2D eigenvalue weighted by Crippen LogP contribution is 2.17. The van der Waals surface area contributed by atoms with Crippen LogP contribution >= 0.6 is 0 Å². The van der Waals surface area contributed by atoms with Gasteiger partial charge in [0.2, 0.25) is 0 Å². The molecule has 0 bridgehead atoms. The van der Waals surface area contributed by atoms with E-state index < -0.39 is 0 Å². The van der Waals surface area contributed by atoms with Crippen LogP contribution in [0.25, 0.3) is 0 Å². The molecule has 0 aromatic heterocycles. The lowest BCUT2D eigenvalue weighted by Crippen LogP contribution is -2.26. The van der Waals surface area contributed by atoms with Gasteiger partial charge in [0.1, 0.15) is 0 Å². The monoisotopic (exact) mass is 387 g/mol. The van der Waals surface area contributed by atoms with Gasteiger partial charge in [-0.25, -0.2) is 0 Å². The molecule has 3 rings (SSSR count). The highest BCUT2D eigenvalue weighted by Gasteiger charge is 2.13. The van der Waals surface area contributed by atoms with Gasteiger partial charge in [-0.05, 0) is 54.1 Å². The van der Waals surface area contributed by atoms with Gasteiger partial charge in [-0.15, -0.1) is 0 Å². The molecule has 2 amide bonds. The van der Waals surface area contributed by atoms with Crippen LogP contribution < -0.4 is 10.2 Å². The van der Waals surface area contributed by atoms with E-state index in [9.17, 15) is 9.59 Å². The zero-order valence-corrected chi connectivity index (χ0v) is 16.9. The summed E-state index contributed by atoms with van der Waals surface area (Å²) in [7, 11) is 5.70. The zero-order chi connectivity index (χ0) is 20.8. The number of rotatable bonds is 6. The zero-order valence-electron chi connectivity index (χ0n) is 16.9. The Morgan fingerprint density at radius 2 is 1.34 bits per heavy atom. The number of nitrogens with zero attached hydrogens (tertiary/aromatic N) is 2. The Kier molecular flexibility index (Phi) is 6.29. The van der Waals surface area contributed by atoms with Gasteiger partial charge in [0.15, 0.2) is 0 Å². The summed E-state index contributed by atoms with van der Waals surface area (Å²) in [6, 6.07) is 24.2. The molecule has 0 aliphatic rings. The van der Waals surface area contributed by atoms with Crippen molar-refractivity contribution in [3.63, 3.8) is 0 Å². The number of nitrogens with one attached hydrogen (secondary N) is 1. The standard InChI is InChI=1S/C24H25N3O2/c1-26(2)22-15-13-21(14-16-22)25-23(28)19-9-11-20(12-10-19)24(29)27(3)17-18-7-5-4-6-8-18/h4-16H,17H2,1-3H3,(H,25,28). The van der Waals surface area contributed by atoms with Gasteiger partial charge < -0.3 is 15.1 Å². The minimum absolute atomic E-state index is 0.0833. The average Bonchev–Trinajstić information content (AvgIpc) is 2.74. The Morgan fingerprint density at radius 1 is 0.759 bits per heavy atom.